The molecule has 0 fully saturated rings. The van der Waals surface area contributed by atoms with Crippen LogP contribution in [0.25, 0.3) is 0 Å². The van der Waals surface area contributed by atoms with Gasteiger partial charge in [-0.25, -0.2) is 0 Å². The molecule has 0 aliphatic carbocycles. The maximum Gasteiger partial charge on any atom is 0.0163 e. The monoisotopic (exact) mass is 277 g/mol. The molecular weight excluding hydrogens is 244 g/mol. The van der Waals surface area contributed by atoms with Crippen LogP contribution in [0.3, 0.4) is 0 Å². The number of hydrogen-bond donors (Lipinski definition) is 1. The van der Waals surface area contributed by atoms with E-state index >= 15 is 0 Å². The Bertz CT molecular complexity index is 155. The van der Waals surface area contributed by atoms with E-state index in [1.165, 1.54) is 12.6 Å². The first-order valence-corrected chi connectivity index (χ1v) is 10.3. The van der Waals surface area contributed by atoms with Crippen LogP contribution in [0.15, 0.2) is 0 Å². The molecule has 0 aromatic carbocycles. The van der Waals surface area contributed by atoms with Gasteiger partial charge in [0.2, 0.25) is 0 Å². The van der Waals surface area contributed by atoms with Crippen molar-refractivity contribution in [2.75, 3.05) is 12.6 Å². The molecule has 0 amide bonds. The van der Waals surface area contributed by atoms with Gasteiger partial charge in [0.25, 0.3) is 0 Å². The molecular formula is C14H33NP2. The summed E-state index contributed by atoms with van der Waals surface area (Å²) in [6.45, 7) is 19.0. The van der Waals surface area contributed by atoms with E-state index in [2.05, 4.69) is 60.7 Å². The van der Waals surface area contributed by atoms with Gasteiger partial charge in [-0.1, -0.05) is 71.2 Å². The quantitative estimate of drug-likeness (QED) is 0.609. The molecule has 0 heterocycles. The van der Waals surface area contributed by atoms with Gasteiger partial charge in [-0.15, -0.1) is 0 Å². The van der Waals surface area contributed by atoms with Crippen molar-refractivity contribution >= 4 is 15.8 Å². The summed E-state index contributed by atoms with van der Waals surface area (Å²) in [5.41, 5.74) is 3.40. The standard InChI is InChI=1S/C14H33NP2/c1-11(2)16(12(3)4)9-15-10-17(13(5)6)14(7)8/h11-15H,9-10H2,1-8H3. The third kappa shape index (κ3) is 7.09. The van der Waals surface area contributed by atoms with Crippen molar-refractivity contribution in [1.29, 1.82) is 0 Å². The van der Waals surface area contributed by atoms with Gasteiger partial charge in [0.15, 0.2) is 0 Å². The molecule has 0 spiro atoms. The van der Waals surface area contributed by atoms with Crippen LogP contribution in [0.4, 0.5) is 0 Å². The lowest BCUT2D eigenvalue weighted by molar-refractivity contribution is 0.872. The number of hydrogen-bond acceptors (Lipinski definition) is 1. The Morgan fingerprint density at radius 2 is 0.824 bits per heavy atom. The number of rotatable bonds is 8. The van der Waals surface area contributed by atoms with Gasteiger partial charge in [0.1, 0.15) is 0 Å². The molecule has 0 aliphatic heterocycles. The summed E-state index contributed by atoms with van der Waals surface area (Å²) in [5.74, 6) is 0. The fraction of sp³-hybridized carbons (Fsp3) is 1.00. The highest BCUT2D eigenvalue weighted by molar-refractivity contribution is 7.60. The summed E-state index contributed by atoms with van der Waals surface area (Å²) in [7, 11) is 0.303. The molecule has 0 aliphatic rings. The second-order valence-electron chi connectivity index (χ2n) is 5.97. The molecule has 1 nitrogen and oxygen atoms in total. The zero-order valence-corrected chi connectivity index (χ0v) is 14.9. The largest absolute Gasteiger partial charge is 0.309 e. The molecule has 3 heteroatoms. The zero-order chi connectivity index (χ0) is 13.6. The summed E-state index contributed by atoms with van der Waals surface area (Å²) in [6, 6.07) is 0. The fourth-order valence-electron chi connectivity index (χ4n) is 2.23. The molecule has 0 unspecified atom stereocenters. The summed E-state index contributed by atoms with van der Waals surface area (Å²) in [6.07, 6.45) is 2.51. The van der Waals surface area contributed by atoms with E-state index in [0.717, 1.165) is 22.6 Å². The topological polar surface area (TPSA) is 12.0 Å². The first-order chi connectivity index (χ1) is 7.77. The predicted octanol–water partition coefficient (Wildman–Crippen LogP) is 5.09. The molecule has 1 N–H and O–H groups in total. The van der Waals surface area contributed by atoms with Crippen LogP contribution < -0.4 is 5.32 Å². The van der Waals surface area contributed by atoms with Crippen LogP contribution in [-0.4, -0.2) is 35.2 Å². The van der Waals surface area contributed by atoms with Crippen LogP contribution in [0.1, 0.15) is 55.4 Å². The van der Waals surface area contributed by atoms with Crippen LogP contribution >= 0.6 is 15.8 Å². The molecule has 0 saturated heterocycles. The van der Waals surface area contributed by atoms with Gasteiger partial charge in [-0.05, 0) is 22.6 Å². The zero-order valence-electron chi connectivity index (χ0n) is 13.1. The Morgan fingerprint density at radius 1 is 0.588 bits per heavy atom. The van der Waals surface area contributed by atoms with E-state index in [1.807, 2.05) is 0 Å². The summed E-state index contributed by atoms with van der Waals surface area (Å²) in [5, 5.41) is 3.77. The minimum atomic E-state index is 0.151. The van der Waals surface area contributed by atoms with E-state index in [4.69, 9.17) is 0 Å². The lowest BCUT2D eigenvalue weighted by Crippen LogP contribution is -2.23. The van der Waals surface area contributed by atoms with E-state index in [1.54, 1.807) is 0 Å². The SMILES string of the molecule is CC(C)P(CNCP(C(C)C)C(C)C)C(C)C. The molecule has 0 aromatic rings. The van der Waals surface area contributed by atoms with Gasteiger partial charge in [-0.3, -0.25) is 0 Å². The van der Waals surface area contributed by atoms with E-state index in [9.17, 15) is 0 Å². The Kier molecular flexibility index (Phi) is 9.27. The molecule has 0 atom stereocenters. The Balaban J connectivity index is 4.10. The van der Waals surface area contributed by atoms with E-state index < -0.39 is 0 Å². The molecule has 0 radical (unpaired) electrons. The molecule has 0 rings (SSSR count). The second-order valence-corrected chi connectivity index (χ2v) is 12.8. The highest BCUT2D eigenvalue weighted by Crippen LogP contribution is 2.47. The molecule has 17 heavy (non-hydrogen) atoms. The smallest absolute Gasteiger partial charge is 0.0163 e. The number of nitrogens with one attached hydrogen (secondary N) is 1. The van der Waals surface area contributed by atoms with E-state index in [0.29, 0.717) is 0 Å². The minimum absolute atomic E-state index is 0.151. The highest BCUT2D eigenvalue weighted by atomic mass is 31.1. The van der Waals surface area contributed by atoms with Gasteiger partial charge in [-0.2, -0.15) is 0 Å². The van der Waals surface area contributed by atoms with Crippen molar-refractivity contribution in [3.63, 3.8) is 0 Å². The average Bonchev–Trinajstić information content (AvgIpc) is 2.14. The summed E-state index contributed by atoms with van der Waals surface area (Å²) >= 11 is 0. The Hall–Kier alpha value is 0.820. The van der Waals surface area contributed by atoms with Crippen molar-refractivity contribution < 1.29 is 0 Å². The van der Waals surface area contributed by atoms with Gasteiger partial charge < -0.3 is 5.32 Å². The molecule has 0 bridgehead atoms. The van der Waals surface area contributed by atoms with Crippen LogP contribution in [0, 0.1) is 0 Å². The van der Waals surface area contributed by atoms with Crippen LogP contribution in [0.5, 0.6) is 0 Å². The first kappa shape index (κ1) is 17.8. The molecule has 104 valence electrons. The second kappa shape index (κ2) is 8.84. The predicted molar refractivity (Wildman–Crippen MR) is 87.3 cm³/mol. The summed E-state index contributed by atoms with van der Waals surface area (Å²) in [4.78, 5) is 0. The van der Waals surface area contributed by atoms with Gasteiger partial charge in [0.05, 0.1) is 0 Å². The lowest BCUT2D eigenvalue weighted by atomic mass is 10.5. The van der Waals surface area contributed by atoms with Crippen molar-refractivity contribution in [3.05, 3.63) is 0 Å². The first-order valence-electron chi connectivity index (χ1n) is 6.99. The Morgan fingerprint density at radius 3 is 1.00 bits per heavy atom. The fourth-order valence-corrected chi connectivity index (χ4v) is 6.99. The van der Waals surface area contributed by atoms with Crippen molar-refractivity contribution in [2.24, 2.45) is 0 Å². The van der Waals surface area contributed by atoms with Gasteiger partial charge >= 0.3 is 0 Å². The third-order valence-electron chi connectivity index (χ3n) is 3.24. The maximum absolute atomic E-state index is 3.77. The van der Waals surface area contributed by atoms with Crippen molar-refractivity contribution in [3.8, 4) is 0 Å². The van der Waals surface area contributed by atoms with E-state index in [-0.39, 0.29) is 15.8 Å². The molecule has 0 aromatic heterocycles. The normalized spacial score (nSPS) is 13.1. The van der Waals surface area contributed by atoms with Crippen molar-refractivity contribution in [2.45, 2.75) is 78.0 Å². The summed E-state index contributed by atoms with van der Waals surface area (Å²) < 4.78 is 0. The lowest BCUT2D eigenvalue weighted by Gasteiger charge is -2.30. The minimum Gasteiger partial charge on any atom is -0.309 e. The maximum atomic E-state index is 3.77. The molecule has 0 saturated carbocycles. The third-order valence-corrected chi connectivity index (χ3v) is 9.73. The Labute approximate surface area is 112 Å². The highest BCUT2D eigenvalue weighted by Gasteiger charge is 2.19. The van der Waals surface area contributed by atoms with Gasteiger partial charge in [0, 0.05) is 12.6 Å². The van der Waals surface area contributed by atoms with Crippen LogP contribution in [0.2, 0.25) is 0 Å². The van der Waals surface area contributed by atoms with Crippen molar-refractivity contribution in [1.82, 2.24) is 5.32 Å². The van der Waals surface area contributed by atoms with Crippen LogP contribution in [-0.2, 0) is 0 Å². The average molecular weight is 277 g/mol.